The van der Waals surface area contributed by atoms with E-state index < -0.39 is 0 Å². The van der Waals surface area contributed by atoms with Crippen LogP contribution in [0.2, 0.25) is 5.02 Å². The largest absolute Gasteiger partial charge is 0.368 e. The molecule has 0 fully saturated rings. The first kappa shape index (κ1) is 12.1. The van der Waals surface area contributed by atoms with Gasteiger partial charge >= 0.3 is 0 Å². The molecule has 3 N–H and O–H groups in total. The Morgan fingerprint density at radius 2 is 2.11 bits per heavy atom. The molecule has 1 heterocycles. The highest BCUT2D eigenvalue weighted by Gasteiger charge is 2.04. The zero-order valence-corrected chi connectivity index (χ0v) is 10.4. The second-order valence-electron chi connectivity index (χ2n) is 3.68. The van der Waals surface area contributed by atoms with Gasteiger partial charge in [0.1, 0.15) is 5.82 Å². The van der Waals surface area contributed by atoms with Gasteiger partial charge in [-0.3, -0.25) is 0 Å². The number of hydrogen-bond donors (Lipinski definition) is 2. The van der Waals surface area contributed by atoms with Crippen LogP contribution in [0.15, 0.2) is 24.3 Å². The molecule has 0 atom stereocenters. The Labute approximate surface area is 109 Å². The molecular weight excluding hydrogens is 250 g/mol. The van der Waals surface area contributed by atoms with Crippen molar-refractivity contribution in [2.75, 3.05) is 11.1 Å². The minimum absolute atomic E-state index is 0.197. The van der Waals surface area contributed by atoms with Crippen LogP contribution in [0, 0.1) is 18.3 Å². The molecule has 18 heavy (non-hydrogen) atoms. The van der Waals surface area contributed by atoms with Gasteiger partial charge in [0.15, 0.2) is 0 Å². The number of nitriles is 1. The lowest BCUT2D eigenvalue weighted by Crippen LogP contribution is -2.01. The van der Waals surface area contributed by atoms with Crippen LogP contribution in [0.1, 0.15) is 11.3 Å². The Bertz CT molecular complexity index is 613. The Hall–Kier alpha value is -2.32. The minimum atomic E-state index is 0.197. The number of nitrogens with one attached hydrogen (secondary N) is 1. The number of nitrogens with two attached hydrogens (primary N) is 1. The van der Waals surface area contributed by atoms with E-state index >= 15 is 0 Å². The third kappa shape index (κ3) is 2.67. The van der Waals surface area contributed by atoms with Crippen molar-refractivity contribution in [1.29, 1.82) is 5.26 Å². The molecule has 6 heteroatoms. The van der Waals surface area contributed by atoms with Crippen molar-refractivity contribution in [3.8, 4) is 6.07 Å². The van der Waals surface area contributed by atoms with Crippen LogP contribution >= 0.6 is 11.6 Å². The van der Waals surface area contributed by atoms with Gasteiger partial charge in [-0.05, 0) is 25.1 Å². The molecule has 0 spiro atoms. The predicted octanol–water partition coefficient (Wildman–Crippen LogP) is 2.64. The van der Waals surface area contributed by atoms with Crippen molar-refractivity contribution < 1.29 is 0 Å². The molecule has 0 saturated heterocycles. The molecule has 5 nitrogen and oxygen atoms in total. The molecule has 1 aromatic heterocycles. The molecule has 0 aliphatic carbocycles. The Morgan fingerprint density at radius 3 is 2.72 bits per heavy atom. The second kappa shape index (κ2) is 4.90. The predicted molar refractivity (Wildman–Crippen MR) is 70.6 cm³/mol. The number of aromatic nitrogens is 2. The van der Waals surface area contributed by atoms with Gasteiger partial charge in [0.25, 0.3) is 0 Å². The standard InChI is InChI=1S/C12H10ClN5/c1-7-4-11(18-12(15)16-7)17-10-3-2-8(6-14)5-9(10)13/h2-5H,1H3,(H3,15,16,17,18). The smallest absolute Gasteiger partial charge is 0.222 e. The summed E-state index contributed by atoms with van der Waals surface area (Å²) in [4.78, 5) is 8.02. The summed E-state index contributed by atoms with van der Waals surface area (Å²) < 4.78 is 0. The summed E-state index contributed by atoms with van der Waals surface area (Å²) in [6, 6.07) is 8.75. The molecule has 1 aromatic carbocycles. The van der Waals surface area contributed by atoms with E-state index in [0.717, 1.165) is 5.69 Å². The molecule has 0 aliphatic heterocycles. The number of benzene rings is 1. The first-order valence-electron chi connectivity index (χ1n) is 5.16. The van der Waals surface area contributed by atoms with Crippen molar-refractivity contribution in [2.24, 2.45) is 0 Å². The summed E-state index contributed by atoms with van der Waals surface area (Å²) in [7, 11) is 0. The summed E-state index contributed by atoms with van der Waals surface area (Å²) in [6.07, 6.45) is 0. The van der Waals surface area contributed by atoms with Gasteiger partial charge in [0, 0.05) is 11.8 Å². The zero-order valence-electron chi connectivity index (χ0n) is 9.61. The van der Waals surface area contributed by atoms with Crippen molar-refractivity contribution in [2.45, 2.75) is 6.92 Å². The second-order valence-corrected chi connectivity index (χ2v) is 4.09. The van der Waals surface area contributed by atoms with Gasteiger partial charge in [-0.2, -0.15) is 10.2 Å². The Kier molecular flexibility index (Phi) is 3.31. The SMILES string of the molecule is Cc1cc(Nc2ccc(C#N)cc2Cl)nc(N)n1. The van der Waals surface area contributed by atoms with E-state index in [1.807, 2.05) is 13.0 Å². The first-order chi connectivity index (χ1) is 8.58. The summed E-state index contributed by atoms with van der Waals surface area (Å²) in [5.74, 6) is 0.758. The van der Waals surface area contributed by atoms with E-state index in [-0.39, 0.29) is 5.95 Å². The van der Waals surface area contributed by atoms with E-state index in [2.05, 4.69) is 15.3 Å². The van der Waals surface area contributed by atoms with Crippen LogP contribution in [0.4, 0.5) is 17.5 Å². The molecule has 0 aliphatic rings. The fourth-order valence-electron chi connectivity index (χ4n) is 1.48. The third-order valence-electron chi connectivity index (χ3n) is 2.23. The van der Waals surface area contributed by atoms with Crippen LogP contribution < -0.4 is 11.1 Å². The summed E-state index contributed by atoms with van der Waals surface area (Å²) in [5.41, 5.74) is 7.48. The molecule has 0 radical (unpaired) electrons. The molecule has 0 unspecified atom stereocenters. The number of nitrogen functional groups attached to an aromatic ring is 1. The third-order valence-corrected chi connectivity index (χ3v) is 2.55. The van der Waals surface area contributed by atoms with Gasteiger partial charge in [0.2, 0.25) is 5.95 Å². The number of halogens is 1. The molecular formula is C12H10ClN5. The van der Waals surface area contributed by atoms with Gasteiger partial charge < -0.3 is 11.1 Å². The van der Waals surface area contributed by atoms with E-state index in [9.17, 15) is 0 Å². The maximum Gasteiger partial charge on any atom is 0.222 e. The average Bonchev–Trinajstić information content (AvgIpc) is 2.30. The van der Waals surface area contributed by atoms with Gasteiger partial charge in [-0.25, -0.2) is 4.98 Å². The Balaban J connectivity index is 2.31. The van der Waals surface area contributed by atoms with Crippen LogP contribution in [-0.2, 0) is 0 Å². The van der Waals surface area contributed by atoms with Gasteiger partial charge in [-0.1, -0.05) is 11.6 Å². The van der Waals surface area contributed by atoms with E-state index in [1.54, 1.807) is 24.3 Å². The number of aryl methyl sites for hydroxylation is 1. The van der Waals surface area contributed by atoms with Crippen molar-refractivity contribution in [3.63, 3.8) is 0 Å². The monoisotopic (exact) mass is 259 g/mol. The van der Waals surface area contributed by atoms with Gasteiger partial charge in [-0.15, -0.1) is 0 Å². The molecule has 0 bridgehead atoms. The van der Waals surface area contributed by atoms with Crippen LogP contribution in [-0.4, -0.2) is 9.97 Å². The van der Waals surface area contributed by atoms with E-state index in [0.29, 0.717) is 22.1 Å². The fraction of sp³-hybridized carbons (Fsp3) is 0.0833. The fourth-order valence-corrected chi connectivity index (χ4v) is 1.71. The topological polar surface area (TPSA) is 87.6 Å². The summed E-state index contributed by atoms with van der Waals surface area (Å²) in [6.45, 7) is 1.82. The summed E-state index contributed by atoms with van der Waals surface area (Å²) in [5, 5.41) is 12.2. The quantitative estimate of drug-likeness (QED) is 0.866. The summed E-state index contributed by atoms with van der Waals surface area (Å²) >= 11 is 6.05. The lowest BCUT2D eigenvalue weighted by Gasteiger charge is -2.08. The molecule has 2 aromatic rings. The van der Waals surface area contributed by atoms with Gasteiger partial charge in [0.05, 0.1) is 22.3 Å². The molecule has 2 rings (SSSR count). The van der Waals surface area contributed by atoms with Crippen LogP contribution in [0.5, 0.6) is 0 Å². The number of rotatable bonds is 2. The maximum absolute atomic E-state index is 8.75. The number of hydrogen-bond acceptors (Lipinski definition) is 5. The van der Waals surface area contributed by atoms with Crippen LogP contribution in [0.3, 0.4) is 0 Å². The molecule has 0 saturated carbocycles. The number of nitrogens with zero attached hydrogens (tertiary/aromatic N) is 3. The van der Waals surface area contributed by atoms with E-state index in [4.69, 9.17) is 22.6 Å². The van der Waals surface area contributed by atoms with Crippen LogP contribution in [0.25, 0.3) is 0 Å². The van der Waals surface area contributed by atoms with Crippen molar-refractivity contribution in [3.05, 3.63) is 40.5 Å². The highest BCUT2D eigenvalue weighted by molar-refractivity contribution is 6.33. The highest BCUT2D eigenvalue weighted by atomic mass is 35.5. The van der Waals surface area contributed by atoms with E-state index in [1.165, 1.54) is 0 Å². The number of anilines is 3. The highest BCUT2D eigenvalue weighted by Crippen LogP contribution is 2.25. The average molecular weight is 260 g/mol. The van der Waals surface area contributed by atoms with Crippen molar-refractivity contribution >= 4 is 29.1 Å². The lowest BCUT2D eigenvalue weighted by atomic mass is 10.2. The molecule has 90 valence electrons. The lowest BCUT2D eigenvalue weighted by molar-refractivity contribution is 1.12. The maximum atomic E-state index is 8.75. The minimum Gasteiger partial charge on any atom is -0.368 e. The Morgan fingerprint density at radius 1 is 1.33 bits per heavy atom. The zero-order chi connectivity index (χ0) is 13.1. The molecule has 0 amide bonds. The van der Waals surface area contributed by atoms with Crippen molar-refractivity contribution in [1.82, 2.24) is 9.97 Å². The first-order valence-corrected chi connectivity index (χ1v) is 5.54. The normalized spacial score (nSPS) is 9.83.